The standard InChI is InChI=1S/C11H15O4P/c1-2-3-9-11(15-16(12,13)14)10-7-5-4-6-8-10/h2,4-8,11H,1,3,9H2,(H2,12,13,14). The third-order valence-corrected chi connectivity index (χ3v) is 2.60. The quantitative estimate of drug-likeness (QED) is 0.594. The van der Waals surface area contributed by atoms with Crippen molar-refractivity contribution in [3.05, 3.63) is 48.6 Å². The van der Waals surface area contributed by atoms with Crippen LogP contribution in [0.3, 0.4) is 0 Å². The summed E-state index contributed by atoms with van der Waals surface area (Å²) >= 11 is 0. The molecule has 0 bridgehead atoms. The van der Waals surface area contributed by atoms with Gasteiger partial charge in [-0.1, -0.05) is 36.4 Å². The first-order valence-electron chi connectivity index (χ1n) is 4.92. The summed E-state index contributed by atoms with van der Waals surface area (Å²) < 4.78 is 15.6. The summed E-state index contributed by atoms with van der Waals surface area (Å²) in [4.78, 5) is 17.6. The number of rotatable bonds is 6. The molecule has 0 aliphatic heterocycles. The summed E-state index contributed by atoms with van der Waals surface area (Å²) in [5, 5.41) is 0. The third-order valence-electron chi connectivity index (χ3n) is 2.07. The highest BCUT2D eigenvalue weighted by molar-refractivity contribution is 7.46. The van der Waals surface area contributed by atoms with Crippen LogP contribution in [0.25, 0.3) is 0 Å². The van der Waals surface area contributed by atoms with Gasteiger partial charge in [-0.25, -0.2) is 4.57 Å². The molecule has 1 aromatic carbocycles. The zero-order valence-corrected chi connectivity index (χ0v) is 9.72. The van der Waals surface area contributed by atoms with Gasteiger partial charge in [0.2, 0.25) is 0 Å². The number of phosphoric ester groups is 1. The Hall–Kier alpha value is -0.930. The summed E-state index contributed by atoms with van der Waals surface area (Å²) in [5.41, 5.74) is 0.757. The highest BCUT2D eigenvalue weighted by Crippen LogP contribution is 2.43. The van der Waals surface area contributed by atoms with Crippen LogP contribution in [0.15, 0.2) is 43.0 Å². The lowest BCUT2D eigenvalue weighted by atomic mass is 10.1. The number of hydrogen-bond donors (Lipinski definition) is 2. The molecule has 1 aromatic rings. The van der Waals surface area contributed by atoms with Crippen LogP contribution in [0.5, 0.6) is 0 Å². The fourth-order valence-electron chi connectivity index (χ4n) is 1.38. The lowest BCUT2D eigenvalue weighted by Gasteiger charge is -2.17. The molecule has 0 saturated carbocycles. The smallest absolute Gasteiger partial charge is 0.303 e. The maximum atomic E-state index is 10.8. The van der Waals surface area contributed by atoms with Gasteiger partial charge in [-0.2, -0.15) is 0 Å². The van der Waals surface area contributed by atoms with Crippen LogP contribution in [0.1, 0.15) is 24.5 Å². The first-order chi connectivity index (χ1) is 7.53. The normalized spacial score (nSPS) is 13.4. The Labute approximate surface area is 94.8 Å². The van der Waals surface area contributed by atoms with Gasteiger partial charge in [0.1, 0.15) is 0 Å². The average Bonchev–Trinajstić information content (AvgIpc) is 2.24. The van der Waals surface area contributed by atoms with E-state index < -0.39 is 13.9 Å². The van der Waals surface area contributed by atoms with Crippen molar-refractivity contribution in [3.63, 3.8) is 0 Å². The molecule has 2 N–H and O–H groups in total. The van der Waals surface area contributed by atoms with E-state index in [1.807, 2.05) is 6.07 Å². The van der Waals surface area contributed by atoms with Crippen molar-refractivity contribution < 1.29 is 18.9 Å². The minimum Gasteiger partial charge on any atom is -0.303 e. The molecule has 0 saturated heterocycles. The van der Waals surface area contributed by atoms with E-state index in [0.29, 0.717) is 12.8 Å². The zero-order chi connectivity index (χ0) is 12.0. The van der Waals surface area contributed by atoms with Gasteiger partial charge in [0.25, 0.3) is 0 Å². The second-order valence-corrected chi connectivity index (χ2v) is 4.55. The molecule has 1 rings (SSSR count). The zero-order valence-electron chi connectivity index (χ0n) is 8.82. The molecule has 0 aliphatic carbocycles. The van der Waals surface area contributed by atoms with E-state index >= 15 is 0 Å². The lowest BCUT2D eigenvalue weighted by molar-refractivity contribution is 0.128. The molecular formula is C11H15O4P. The van der Waals surface area contributed by atoms with E-state index in [9.17, 15) is 4.57 Å². The predicted octanol–water partition coefficient (Wildman–Crippen LogP) is 2.80. The summed E-state index contributed by atoms with van der Waals surface area (Å²) in [6.45, 7) is 3.57. The predicted molar refractivity (Wildman–Crippen MR) is 61.7 cm³/mol. The molecule has 88 valence electrons. The van der Waals surface area contributed by atoms with Crippen molar-refractivity contribution in [2.45, 2.75) is 18.9 Å². The second kappa shape index (κ2) is 5.97. The molecule has 0 radical (unpaired) electrons. The summed E-state index contributed by atoms with van der Waals surface area (Å²) in [6, 6.07) is 9.01. The summed E-state index contributed by atoms with van der Waals surface area (Å²) in [7, 11) is -4.46. The van der Waals surface area contributed by atoms with Crippen molar-refractivity contribution in [3.8, 4) is 0 Å². The Morgan fingerprint density at radius 2 is 2.00 bits per heavy atom. The molecule has 0 spiro atoms. The monoisotopic (exact) mass is 242 g/mol. The van der Waals surface area contributed by atoms with Gasteiger partial charge in [-0.3, -0.25) is 4.52 Å². The van der Waals surface area contributed by atoms with Gasteiger partial charge in [-0.15, -0.1) is 6.58 Å². The minimum atomic E-state index is -4.46. The SMILES string of the molecule is C=CCCC(OP(=O)(O)O)c1ccccc1. The van der Waals surface area contributed by atoms with Gasteiger partial charge in [0.05, 0.1) is 6.10 Å². The van der Waals surface area contributed by atoms with Gasteiger partial charge in [-0.05, 0) is 18.4 Å². The Morgan fingerprint density at radius 1 is 1.38 bits per heavy atom. The number of phosphoric acid groups is 1. The molecular weight excluding hydrogens is 227 g/mol. The second-order valence-electron chi connectivity index (χ2n) is 3.36. The van der Waals surface area contributed by atoms with Gasteiger partial charge < -0.3 is 9.79 Å². The number of allylic oxidation sites excluding steroid dienone is 1. The Morgan fingerprint density at radius 3 is 2.50 bits per heavy atom. The van der Waals surface area contributed by atoms with Crippen molar-refractivity contribution >= 4 is 7.82 Å². The van der Waals surface area contributed by atoms with Gasteiger partial charge >= 0.3 is 7.82 Å². The molecule has 0 amide bonds. The lowest BCUT2D eigenvalue weighted by Crippen LogP contribution is -2.02. The van der Waals surface area contributed by atoms with Crippen molar-refractivity contribution in [1.82, 2.24) is 0 Å². The number of benzene rings is 1. The Bertz CT molecular complexity index is 371. The van der Waals surface area contributed by atoms with Crippen molar-refractivity contribution in [1.29, 1.82) is 0 Å². The van der Waals surface area contributed by atoms with E-state index in [0.717, 1.165) is 5.56 Å². The van der Waals surface area contributed by atoms with E-state index in [1.54, 1.807) is 30.3 Å². The molecule has 5 heteroatoms. The first kappa shape index (κ1) is 13.1. The maximum Gasteiger partial charge on any atom is 0.470 e. The van der Waals surface area contributed by atoms with Gasteiger partial charge in [0.15, 0.2) is 0 Å². The topological polar surface area (TPSA) is 66.8 Å². The average molecular weight is 242 g/mol. The van der Waals surface area contributed by atoms with Crippen LogP contribution < -0.4 is 0 Å². The highest BCUT2D eigenvalue weighted by atomic mass is 31.2. The fraction of sp³-hybridized carbons (Fsp3) is 0.273. The molecule has 0 heterocycles. The van der Waals surface area contributed by atoms with E-state index in [1.165, 1.54) is 0 Å². The molecule has 1 atom stereocenters. The van der Waals surface area contributed by atoms with E-state index in [-0.39, 0.29) is 0 Å². The molecule has 4 nitrogen and oxygen atoms in total. The largest absolute Gasteiger partial charge is 0.470 e. The van der Waals surface area contributed by atoms with Crippen LogP contribution in [-0.4, -0.2) is 9.79 Å². The molecule has 0 aliphatic rings. The molecule has 0 fully saturated rings. The van der Waals surface area contributed by atoms with Crippen LogP contribution >= 0.6 is 7.82 Å². The van der Waals surface area contributed by atoms with Crippen molar-refractivity contribution in [2.24, 2.45) is 0 Å². The van der Waals surface area contributed by atoms with Crippen LogP contribution in [0.2, 0.25) is 0 Å². The molecule has 0 aromatic heterocycles. The highest BCUT2D eigenvalue weighted by Gasteiger charge is 2.22. The van der Waals surface area contributed by atoms with Crippen LogP contribution in [-0.2, 0) is 9.09 Å². The maximum absolute atomic E-state index is 10.8. The van der Waals surface area contributed by atoms with E-state index in [2.05, 4.69) is 6.58 Å². The van der Waals surface area contributed by atoms with Crippen molar-refractivity contribution in [2.75, 3.05) is 0 Å². The molecule has 1 unspecified atom stereocenters. The van der Waals surface area contributed by atoms with Crippen LogP contribution in [0, 0.1) is 0 Å². The third kappa shape index (κ3) is 4.73. The Kier molecular flexibility index (Phi) is 4.90. The fourth-order valence-corrected chi connectivity index (χ4v) is 1.94. The molecule has 16 heavy (non-hydrogen) atoms. The Balaban J connectivity index is 2.79. The number of hydrogen-bond acceptors (Lipinski definition) is 2. The van der Waals surface area contributed by atoms with E-state index in [4.69, 9.17) is 14.3 Å². The first-order valence-corrected chi connectivity index (χ1v) is 6.46. The minimum absolute atomic E-state index is 0.499. The van der Waals surface area contributed by atoms with Gasteiger partial charge in [0, 0.05) is 0 Å². The summed E-state index contributed by atoms with van der Waals surface area (Å²) in [5.74, 6) is 0. The van der Waals surface area contributed by atoms with Crippen LogP contribution in [0.4, 0.5) is 0 Å². The summed E-state index contributed by atoms with van der Waals surface area (Å²) in [6.07, 6.45) is 2.23.